The van der Waals surface area contributed by atoms with Crippen molar-refractivity contribution in [1.29, 1.82) is 0 Å². The topological polar surface area (TPSA) is 84.4 Å². The first-order valence-corrected chi connectivity index (χ1v) is 9.45. The Labute approximate surface area is 156 Å². The quantitative estimate of drug-likeness (QED) is 0.869. The summed E-state index contributed by atoms with van der Waals surface area (Å²) in [5, 5.41) is 12.0. The molecule has 0 saturated carbocycles. The number of nitrogens with zero attached hydrogens (tertiary/aromatic N) is 3. The number of carbonyl (C=O) groups excluding carboxylic acids is 2. The fourth-order valence-corrected chi connectivity index (χ4v) is 3.59. The first-order chi connectivity index (χ1) is 12.5. The lowest BCUT2D eigenvalue weighted by atomic mass is 10.1. The van der Waals surface area contributed by atoms with Crippen LogP contribution in [0.5, 0.6) is 0 Å². The molecule has 1 aliphatic heterocycles. The predicted molar refractivity (Wildman–Crippen MR) is 99.6 cm³/mol. The van der Waals surface area contributed by atoms with Crippen molar-refractivity contribution in [3.63, 3.8) is 0 Å². The van der Waals surface area contributed by atoms with E-state index in [1.165, 1.54) is 11.3 Å². The maximum atomic E-state index is 12.6. The van der Waals surface area contributed by atoms with Gasteiger partial charge in [0, 0.05) is 30.8 Å². The second-order valence-electron chi connectivity index (χ2n) is 6.54. The molecule has 1 saturated heterocycles. The lowest BCUT2D eigenvalue weighted by Crippen LogP contribution is -2.40. The molecular formula is C18H22N4O3S. The third-order valence-corrected chi connectivity index (χ3v) is 4.85. The summed E-state index contributed by atoms with van der Waals surface area (Å²) in [5.41, 5.74) is 1.11. The van der Waals surface area contributed by atoms with E-state index in [2.05, 4.69) is 29.4 Å². The Morgan fingerprint density at radius 3 is 2.77 bits per heavy atom. The molecule has 0 bridgehead atoms. The minimum Gasteiger partial charge on any atom is -0.378 e. The summed E-state index contributed by atoms with van der Waals surface area (Å²) in [7, 11) is 0. The van der Waals surface area contributed by atoms with Crippen LogP contribution in [0.3, 0.4) is 0 Å². The summed E-state index contributed by atoms with van der Waals surface area (Å²) in [6, 6.07) is 6.95. The van der Waals surface area contributed by atoms with Crippen molar-refractivity contribution in [2.45, 2.75) is 20.3 Å². The second kappa shape index (κ2) is 8.37. The van der Waals surface area contributed by atoms with Crippen molar-refractivity contribution in [2.75, 3.05) is 31.6 Å². The Kier molecular flexibility index (Phi) is 5.95. The molecule has 8 heteroatoms. The molecular weight excluding hydrogens is 352 g/mol. The van der Waals surface area contributed by atoms with Crippen molar-refractivity contribution < 1.29 is 14.3 Å². The number of carbonyl (C=O) groups is 2. The molecule has 1 aliphatic rings. The van der Waals surface area contributed by atoms with Gasteiger partial charge in [-0.1, -0.05) is 31.3 Å². The first kappa shape index (κ1) is 18.5. The number of hydrogen-bond donors (Lipinski definition) is 1. The molecule has 7 nitrogen and oxygen atoms in total. The lowest BCUT2D eigenvalue weighted by Gasteiger charge is -2.27. The van der Waals surface area contributed by atoms with Crippen LogP contribution in [0.2, 0.25) is 0 Å². The number of benzene rings is 1. The highest BCUT2D eigenvalue weighted by Gasteiger charge is 2.19. The van der Waals surface area contributed by atoms with Gasteiger partial charge in [0.1, 0.15) is 5.01 Å². The third kappa shape index (κ3) is 4.64. The number of rotatable bonds is 5. The number of hydrogen-bond acceptors (Lipinski definition) is 6. The molecule has 26 heavy (non-hydrogen) atoms. The van der Waals surface area contributed by atoms with Crippen LogP contribution in [0.1, 0.15) is 39.0 Å². The van der Waals surface area contributed by atoms with Crippen molar-refractivity contribution in [2.24, 2.45) is 5.92 Å². The Bertz CT molecular complexity index is 784. The Morgan fingerprint density at radius 2 is 2.04 bits per heavy atom. The molecule has 0 spiro atoms. The van der Waals surface area contributed by atoms with Gasteiger partial charge in [-0.3, -0.25) is 9.59 Å². The van der Waals surface area contributed by atoms with Crippen LogP contribution < -0.4 is 5.32 Å². The normalized spacial score (nSPS) is 14.5. The zero-order chi connectivity index (χ0) is 18.5. The van der Waals surface area contributed by atoms with Crippen LogP contribution in [-0.2, 0) is 11.2 Å². The van der Waals surface area contributed by atoms with Gasteiger partial charge in [0.25, 0.3) is 11.8 Å². The number of ether oxygens (including phenoxy) is 1. The SMILES string of the molecule is CC(C)Cc1nnc(C(=O)Nc2cccc(C(=O)N3CCOCC3)c2)s1. The predicted octanol–water partition coefficient (Wildman–Crippen LogP) is 2.46. The summed E-state index contributed by atoms with van der Waals surface area (Å²) < 4.78 is 5.27. The molecule has 138 valence electrons. The van der Waals surface area contributed by atoms with E-state index in [-0.39, 0.29) is 11.8 Å². The average Bonchev–Trinajstić information content (AvgIpc) is 3.10. The fourth-order valence-electron chi connectivity index (χ4n) is 2.64. The maximum Gasteiger partial charge on any atom is 0.286 e. The maximum absolute atomic E-state index is 12.6. The molecule has 0 radical (unpaired) electrons. The highest BCUT2D eigenvalue weighted by atomic mass is 32.1. The highest BCUT2D eigenvalue weighted by molar-refractivity contribution is 7.13. The van der Waals surface area contributed by atoms with Crippen LogP contribution >= 0.6 is 11.3 Å². The molecule has 0 aliphatic carbocycles. The van der Waals surface area contributed by atoms with Gasteiger partial charge in [-0.15, -0.1) is 10.2 Å². The second-order valence-corrected chi connectivity index (χ2v) is 7.60. The molecule has 0 unspecified atom stereocenters. The van der Waals surface area contributed by atoms with E-state index < -0.39 is 0 Å². The van der Waals surface area contributed by atoms with Crippen LogP contribution in [-0.4, -0.2) is 53.2 Å². The van der Waals surface area contributed by atoms with E-state index in [0.29, 0.717) is 48.5 Å². The molecule has 1 aromatic heterocycles. The average molecular weight is 374 g/mol. The minimum absolute atomic E-state index is 0.0560. The smallest absolute Gasteiger partial charge is 0.286 e. The van der Waals surface area contributed by atoms with Crippen LogP contribution in [0.15, 0.2) is 24.3 Å². The fraction of sp³-hybridized carbons (Fsp3) is 0.444. The van der Waals surface area contributed by atoms with Gasteiger partial charge in [0.05, 0.1) is 13.2 Å². The monoisotopic (exact) mass is 374 g/mol. The molecule has 1 aromatic carbocycles. The van der Waals surface area contributed by atoms with Crippen molar-refractivity contribution in [3.05, 3.63) is 39.8 Å². The van der Waals surface area contributed by atoms with Gasteiger partial charge in [0.2, 0.25) is 5.01 Å². The Morgan fingerprint density at radius 1 is 1.27 bits per heavy atom. The van der Waals surface area contributed by atoms with E-state index in [1.54, 1.807) is 29.2 Å². The van der Waals surface area contributed by atoms with Gasteiger partial charge in [0.15, 0.2) is 0 Å². The number of aromatic nitrogens is 2. The number of anilines is 1. The summed E-state index contributed by atoms with van der Waals surface area (Å²) in [6.07, 6.45) is 0.800. The first-order valence-electron chi connectivity index (χ1n) is 8.63. The van der Waals surface area contributed by atoms with Gasteiger partial charge >= 0.3 is 0 Å². The van der Waals surface area contributed by atoms with E-state index >= 15 is 0 Å². The van der Waals surface area contributed by atoms with Gasteiger partial charge in [-0.05, 0) is 24.1 Å². The van der Waals surface area contributed by atoms with Gasteiger partial charge in [-0.2, -0.15) is 0 Å². The van der Waals surface area contributed by atoms with E-state index in [4.69, 9.17) is 4.74 Å². The summed E-state index contributed by atoms with van der Waals surface area (Å²) >= 11 is 1.30. The Hall–Kier alpha value is -2.32. The summed E-state index contributed by atoms with van der Waals surface area (Å²) in [6.45, 7) is 6.46. The zero-order valence-corrected chi connectivity index (χ0v) is 15.7. The van der Waals surface area contributed by atoms with Crippen molar-refractivity contribution in [1.82, 2.24) is 15.1 Å². The number of nitrogens with one attached hydrogen (secondary N) is 1. The lowest BCUT2D eigenvalue weighted by molar-refractivity contribution is 0.0303. The van der Waals surface area contributed by atoms with Gasteiger partial charge in [-0.25, -0.2) is 0 Å². The van der Waals surface area contributed by atoms with Crippen molar-refractivity contribution >= 4 is 28.8 Å². The summed E-state index contributed by atoms with van der Waals surface area (Å²) in [4.78, 5) is 26.7. The molecule has 2 aromatic rings. The van der Waals surface area contributed by atoms with Crippen LogP contribution in [0, 0.1) is 5.92 Å². The van der Waals surface area contributed by atoms with Crippen molar-refractivity contribution in [3.8, 4) is 0 Å². The standard InChI is InChI=1S/C18H22N4O3S/c1-12(2)10-15-20-21-17(26-15)16(23)19-14-5-3-4-13(11-14)18(24)22-6-8-25-9-7-22/h3-5,11-12H,6-10H2,1-2H3,(H,19,23). The molecule has 2 heterocycles. The van der Waals surface area contributed by atoms with E-state index in [0.717, 1.165) is 11.4 Å². The zero-order valence-electron chi connectivity index (χ0n) is 14.9. The van der Waals surface area contributed by atoms with Crippen LogP contribution in [0.4, 0.5) is 5.69 Å². The number of morpholine rings is 1. The van der Waals surface area contributed by atoms with Crippen LogP contribution in [0.25, 0.3) is 0 Å². The van der Waals surface area contributed by atoms with Gasteiger partial charge < -0.3 is 15.0 Å². The molecule has 3 rings (SSSR count). The molecule has 0 atom stereocenters. The summed E-state index contributed by atoms with van der Waals surface area (Å²) in [5.74, 6) is 0.0924. The van der Waals surface area contributed by atoms with E-state index in [9.17, 15) is 9.59 Å². The largest absolute Gasteiger partial charge is 0.378 e. The molecule has 1 N–H and O–H groups in total. The molecule has 1 fully saturated rings. The Balaban J connectivity index is 1.67. The minimum atomic E-state index is -0.312. The van der Waals surface area contributed by atoms with E-state index in [1.807, 2.05) is 0 Å². The number of amides is 2. The third-order valence-electron chi connectivity index (χ3n) is 3.91. The highest BCUT2D eigenvalue weighted by Crippen LogP contribution is 2.18. The molecule has 2 amide bonds.